The van der Waals surface area contributed by atoms with Crippen molar-refractivity contribution in [1.82, 2.24) is 15.5 Å². The van der Waals surface area contributed by atoms with E-state index in [1.54, 1.807) is 0 Å². The normalized spacial score (nSPS) is 15.2. The van der Waals surface area contributed by atoms with Gasteiger partial charge in [0.1, 0.15) is 12.0 Å². The lowest BCUT2D eigenvalue weighted by Crippen LogP contribution is -2.29. The maximum Gasteiger partial charge on any atom is 0.226 e. The molecule has 1 aromatic carbocycles. The lowest BCUT2D eigenvalue weighted by molar-refractivity contribution is -0.125. The van der Waals surface area contributed by atoms with E-state index >= 15 is 0 Å². The Hall–Kier alpha value is -2.47. The molecule has 2 N–H and O–H groups in total. The van der Waals surface area contributed by atoms with Gasteiger partial charge >= 0.3 is 0 Å². The van der Waals surface area contributed by atoms with Gasteiger partial charge in [0.2, 0.25) is 5.91 Å². The molecule has 1 saturated carbocycles. The fourth-order valence-corrected chi connectivity index (χ4v) is 3.06. The van der Waals surface area contributed by atoms with E-state index in [1.807, 2.05) is 31.2 Å². The van der Waals surface area contributed by atoms with E-state index in [9.17, 15) is 4.79 Å². The molecule has 0 atom stereocenters. The minimum atomic E-state index is -0.166. The summed E-state index contributed by atoms with van der Waals surface area (Å²) in [6, 6.07) is 7.55. The Kier molecular flexibility index (Phi) is 4.36. The standard InChI is InChI=1S/C19H20ClN3O3/c1-19(4-5-19)18(24)21-11-14-8-12-9-15(20)17(10-16(12)22-14)25-6-2-13-3-7-26-23-13/h3,7-10,22H,2,4-6,11H2,1H3,(H,21,24). The average molecular weight is 374 g/mol. The minimum Gasteiger partial charge on any atom is -0.492 e. The summed E-state index contributed by atoms with van der Waals surface area (Å²) >= 11 is 6.33. The quantitative estimate of drug-likeness (QED) is 0.659. The Morgan fingerprint density at radius 3 is 3.00 bits per heavy atom. The van der Waals surface area contributed by atoms with Crippen LogP contribution in [0.25, 0.3) is 10.9 Å². The number of H-pyrrole nitrogens is 1. The Morgan fingerprint density at radius 2 is 2.27 bits per heavy atom. The first-order valence-corrected chi connectivity index (χ1v) is 9.03. The molecule has 3 aromatic rings. The van der Waals surface area contributed by atoms with E-state index in [2.05, 4.69) is 15.5 Å². The molecule has 0 radical (unpaired) electrons. The zero-order valence-corrected chi connectivity index (χ0v) is 15.2. The second kappa shape index (κ2) is 6.68. The smallest absolute Gasteiger partial charge is 0.226 e. The van der Waals surface area contributed by atoms with E-state index in [0.29, 0.717) is 30.3 Å². The Labute approximate surface area is 155 Å². The maximum absolute atomic E-state index is 12.1. The van der Waals surface area contributed by atoms with Crippen molar-refractivity contribution >= 4 is 28.4 Å². The highest BCUT2D eigenvalue weighted by atomic mass is 35.5. The summed E-state index contributed by atoms with van der Waals surface area (Å²) in [4.78, 5) is 15.4. The first kappa shape index (κ1) is 17.0. The van der Waals surface area contributed by atoms with Gasteiger partial charge in [-0.2, -0.15) is 0 Å². The topological polar surface area (TPSA) is 80.2 Å². The number of benzene rings is 1. The van der Waals surface area contributed by atoms with Crippen molar-refractivity contribution < 1.29 is 14.1 Å². The number of nitrogens with one attached hydrogen (secondary N) is 2. The molecule has 1 amide bonds. The fourth-order valence-electron chi connectivity index (χ4n) is 2.83. The molecule has 4 rings (SSSR count). The van der Waals surface area contributed by atoms with Crippen LogP contribution in [0.5, 0.6) is 5.75 Å². The van der Waals surface area contributed by atoms with Gasteiger partial charge in [-0.1, -0.05) is 23.7 Å². The lowest BCUT2D eigenvalue weighted by Gasteiger charge is -2.08. The van der Waals surface area contributed by atoms with Gasteiger partial charge in [0, 0.05) is 40.6 Å². The summed E-state index contributed by atoms with van der Waals surface area (Å²) in [6.45, 7) is 2.93. The highest BCUT2D eigenvalue weighted by Crippen LogP contribution is 2.45. The van der Waals surface area contributed by atoms with Crippen molar-refractivity contribution in [2.75, 3.05) is 6.61 Å². The van der Waals surface area contributed by atoms with E-state index in [1.165, 1.54) is 6.26 Å². The van der Waals surface area contributed by atoms with Gasteiger partial charge in [-0.15, -0.1) is 0 Å². The molecule has 2 heterocycles. The van der Waals surface area contributed by atoms with Gasteiger partial charge in [-0.25, -0.2) is 0 Å². The van der Waals surface area contributed by atoms with Crippen molar-refractivity contribution in [3.8, 4) is 5.75 Å². The molecule has 2 aromatic heterocycles. The molecule has 0 spiro atoms. The van der Waals surface area contributed by atoms with Crippen molar-refractivity contribution in [2.24, 2.45) is 5.41 Å². The van der Waals surface area contributed by atoms with Crippen LogP contribution in [-0.4, -0.2) is 22.7 Å². The summed E-state index contributed by atoms with van der Waals surface area (Å²) < 4.78 is 10.6. The highest BCUT2D eigenvalue weighted by Gasteiger charge is 2.44. The summed E-state index contributed by atoms with van der Waals surface area (Å²) in [5, 5.41) is 8.38. The third-order valence-electron chi connectivity index (χ3n) is 4.82. The predicted octanol–water partition coefficient (Wildman–Crippen LogP) is 3.85. The molecule has 0 saturated heterocycles. The molecule has 1 aliphatic carbocycles. The third-order valence-corrected chi connectivity index (χ3v) is 5.12. The molecule has 136 valence electrons. The Morgan fingerprint density at radius 1 is 1.42 bits per heavy atom. The number of rotatable bonds is 7. The fraction of sp³-hybridized carbons (Fsp3) is 0.368. The predicted molar refractivity (Wildman–Crippen MR) is 98.2 cm³/mol. The van der Waals surface area contributed by atoms with Crippen molar-refractivity contribution in [3.63, 3.8) is 0 Å². The summed E-state index contributed by atoms with van der Waals surface area (Å²) in [5.74, 6) is 0.733. The third kappa shape index (κ3) is 3.55. The molecular formula is C19H20ClN3O3. The number of ether oxygens (including phenoxy) is 1. The molecule has 6 nitrogen and oxygen atoms in total. The SMILES string of the molecule is CC1(C(=O)NCc2cc3cc(Cl)c(OCCc4ccon4)cc3[nH]2)CC1. The van der Waals surface area contributed by atoms with Gasteiger partial charge in [0.15, 0.2) is 0 Å². The highest BCUT2D eigenvalue weighted by molar-refractivity contribution is 6.32. The van der Waals surface area contributed by atoms with E-state index in [4.69, 9.17) is 20.9 Å². The molecule has 1 fully saturated rings. The summed E-state index contributed by atoms with van der Waals surface area (Å²) in [5.41, 5.74) is 2.53. The number of aromatic amines is 1. The number of fused-ring (bicyclic) bond motifs is 1. The molecule has 0 unspecified atom stereocenters. The lowest BCUT2D eigenvalue weighted by atomic mass is 10.1. The molecule has 0 bridgehead atoms. The molecular weight excluding hydrogens is 354 g/mol. The van der Waals surface area contributed by atoms with Gasteiger partial charge in [-0.05, 0) is 25.0 Å². The van der Waals surface area contributed by atoms with Crippen molar-refractivity contribution in [2.45, 2.75) is 32.7 Å². The van der Waals surface area contributed by atoms with Gasteiger partial charge in [-0.3, -0.25) is 4.79 Å². The van der Waals surface area contributed by atoms with E-state index in [-0.39, 0.29) is 11.3 Å². The second-order valence-corrected chi connectivity index (χ2v) is 7.40. The van der Waals surface area contributed by atoms with Crippen LogP contribution in [0.15, 0.2) is 35.1 Å². The molecule has 0 aliphatic heterocycles. The monoisotopic (exact) mass is 373 g/mol. The summed E-state index contributed by atoms with van der Waals surface area (Å²) in [6.07, 6.45) is 4.12. The van der Waals surface area contributed by atoms with Crippen molar-refractivity contribution in [1.29, 1.82) is 0 Å². The van der Waals surface area contributed by atoms with Gasteiger partial charge in [0.25, 0.3) is 0 Å². The van der Waals surface area contributed by atoms with Crippen LogP contribution >= 0.6 is 11.6 Å². The number of hydrogen-bond donors (Lipinski definition) is 2. The van der Waals surface area contributed by atoms with Crippen LogP contribution in [-0.2, 0) is 17.8 Å². The van der Waals surface area contributed by atoms with Crippen LogP contribution in [0.3, 0.4) is 0 Å². The van der Waals surface area contributed by atoms with Gasteiger partial charge in [0.05, 0.1) is 23.9 Å². The van der Waals surface area contributed by atoms with Crippen LogP contribution in [0.4, 0.5) is 0 Å². The van der Waals surface area contributed by atoms with E-state index < -0.39 is 0 Å². The number of nitrogens with zero attached hydrogens (tertiary/aromatic N) is 1. The minimum absolute atomic E-state index is 0.117. The number of amides is 1. The van der Waals surface area contributed by atoms with Crippen LogP contribution in [0.1, 0.15) is 31.2 Å². The first-order chi connectivity index (χ1) is 12.5. The Bertz CT molecular complexity index is 929. The molecule has 7 heteroatoms. The van der Waals surface area contributed by atoms with Crippen LogP contribution < -0.4 is 10.1 Å². The van der Waals surface area contributed by atoms with Crippen molar-refractivity contribution in [3.05, 3.63) is 46.9 Å². The number of carbonyl (C=O) groups excluding carboxylic acids is 1. The van der Waals surface area contributed by atoms with Crippen LogP contribution in [0, 0.1) is 5.41 Å². The van der Waals surface area contributed by atoms with Crippen LogP contribution in [0.2, 0.25) is 5.02 Å². The second-order valence-electron chi connectivity index (χ2n) is 7.00. The number of aromatic nitrogens is 2. The maximum atomic E-state index is 12.1. The zero-order chi connectivity index (χ0) is 18.1. The average Bonchev–Trinajstić information content (AvgIpc) is 3.02. The molecule has 26 heavy (non-hydrogen) atoms. The molecule has 1 aliphatic rings. The van der Waals surface area contributed by atoms with E-state index in [0.717, 1.165) is 35.1 Å². The zero-order valence-electron chi connectivity index (χ0n) is 14.5. The number of carbonyl (C=O) groups is 1. The van der Waals surface area contributed by atoms with Gasteiger partial charge < -0.3 is 19.6 Å². The number of halogens is 1. The largest absolute Gasteiger partial charge is 0.492 e. The summed E-state index contributed by atoms with van der Waals surface area (Å²) in [7, 11) is 0. The first-order valence-electron chi connectivity index (χ1n) is 8.65. The number of hydrogen-bond acceptors (Lipinski definition) is 4. The Balaban J connectivity index is 1.41.